The second-order valence-corrected chi connectivity index (χ2v) is 15.5. The van der Waals surface area contributed by atoms with Gasteiger partial charge in [-0.3, -0.25) is 8.42 Å². The monoisotopic (exact) mass is 708 g/mol. The fourth-order valence-electron chi connectivity index (χ4n) is 5.63. The molecule has 0 heterocycles. The maximum absolute atomic E-state index is 12.7. The van der Waals surface area contributed by atoms with E-state index in [1.54, 1.807) is 62.8 Å². The number of rotatable bonds is 10. The largest absolute Gasteiger partial charge is 0.377 e. The molecular weight excluding hydrogens is 665 g/mol. The summed E-state index contributed by atoms with van der Waals surface area (Å²) in [5.41, 5.74) is -0.101. The molecule has 2 aliphatic carbocycles. The molecule has 0 radical (unpaired) electrons. The third kappa shape index (κ3) is 8.82. The van der Waals surface area contributed by atoms with Crippen molar-refractivity contribution < 1.29 is 28.1 Å². The Kier molecular flexibility index (Phi) is 11.8. The molecule has 4 aromatic carbocycles. The quantitative estimate of drug-likeness (QED) is 0.173. The Balaban J connectivity index is 0.000000194. The van der Waals surface area contributed by atoms with Crippen LogP contribution in [0.15, 0.2) is 168 Å². The average molecular weight is 709 g/mol. The summed E-state index contributed by atoms with van der Waals surface area (Å²) in [5.74, 6) is 0.592. The summed E-state index contributed by atoms with van der Waals surface area (Å²) in [6.07, 6.45) is 14.0. The van der Waals surface area contributed by atoms with Crippen LogP contribution in [0.5, 0.6) is 0 Å². The standard InChI is InChI=1S/2C21H22O3S/c2*1-17-8-10-19(11-9-17)25(23)16-20(24-2)12-14-21(22,15-13-20)18-6-4-3-5-7-18/h2*3-15,22H,16H2,1-2H3/t2*20?,21?,25-/m11/s1. The third-order valence-electron chi connectivity index (χ3n) is 8.99. The van der Waals surface area contributed by atoms with Crippen molar-refractivity contribution in [3.63, 3.8) is 0 Å². The highest BCUT2D eigenvalue weighted by Gasteiger charge is 2.36. The lowest BCUT2D eigenvalue weighted by Crippen LogP contribution is -2.38. The second-order valence-electron chi connectivity index (χ2n) is 12.6. The van der Waals surface area contributed by atoms with Gasteiger partial charge in [0.1, 0.15) is 22.4 Å². The van der Waals surface area contributed by atoms with E-state index in [1.807, 2.05) is 123 Å². The lowest BCUT2D eigenvalue weighted by molar-refractivity contribution is 0.0777. The minimum atomic E-state index is -1.21. The molecule has 0 saturated heterocycles. The van der Waals surface area contributed by atoms with Gasteiger partial charge in [-0.25, -0.2) is 0 Å². The molecule has 0 saturated carbocycles. The molecule has 0 spiro atoms. The van der Waals surface area contributed by atoms with Gasteiger partial charge in [0.25, 0.3) is 0 Å². The summed E-state index contributed by atoms with van der Waals surface area (Å²) in [4.78, 5) is 1.54. The molecule has 0 amide bonds. The maximum atomic E-state index is 12.7. The van der Waals surface area contributed by atoms with E-state index in [9.17, 15) is 18.6 Å². The Morgan fingerprint density at radius 2 is 0.780 bits per heavy atom. The number of methoxy groups -OCH3 is 2. The average Bonchev–Trinajstić information content (AvgIpc) is 3.15. The normalized spacial score (nSPS) is 26.5. The molecule has 2 aliphatic rings. The second kappa shape index (κ2) is 15.9. The summed E-state index contributed by atoms with van der Waals surface area (Å²) in [5, 5.41) is 21.7. The van der Waals surface area contributed by atoms with Gasteiger partial charge < -0.3 is 19.7 Å². The molecule has 50 heavy (non-hydrogen) atoms. The molecule has 260 valence electrons. The van der Waals surface area contributed by atoms with E-state index >= 15 is 0 Å². The zero-order valence-electron chi connectivity index (χ0n) is 28.8. The number of ether oxygens (including phenoxy) is 2. The van der Waals surface area contributed by atoms with Gasteiger partial charge in [-0.2, -0.15) is 0 Å². The van der Waals surface area contributed by atoms with Crippen LogP contribution in [0, 0.1) is 13.8 Å². The van der Waals surface area contributed by atoms with Crippen LogP contribution in [0.25, 0.3) is 0 Å². The highest BCUT2D eigenvalue weighted by molar-refractivity contribution is 7.85. The van der Waals surface area contributed by atoms with Gasteiger partial charge in [-0.1, -0.05) is 96.1 Å². The van der Waals surface area contributed by atoms with Crippen molar-refractivity contribution in [3.8, 4) is 0 Å². The SMILES string of the molecule is COC1(C[S@@](=O)c2ccc(C)cc2)C=CC(O)(c2ccccc2)C=C1.COC1(C[S@@](=O)c2ccc(C)cc2)C=CC(O)(c2ccccc2)C=C1. The highest BCUT2D eigenvalue weighted by atomic mass is 32.2. The summed E-state index contributed by atoms with van der Waals surface area (Å²) in [6.45, 7) is 4.00. The van der Waals surface area contributed by atoms with E-state index < -0.39 is 44.0 Å². The van der Waals surface area contributed by atoms with E-state index in [0.717, 1.165) is 32.0 Å². The van der Waals surface area contributed by atoms with Gasteiger partial charge >= 0.3 is 0 Å². The Labute approximate surface area is 300 Å². The van der Waals surface area contributed by atoms with Crippen LogP contribution in [0.3, 0.4) is 0 Å². The smallest absolute Gasteiger partial charge is 0.127 e. The number of benzene rings is 4. The van der Waals surface area contributed by atoms with Crippen molar-refractivity contribution in [2.45, 2.75) is 46.0 Å². The Morgan fingerprint density at radius 1 is 0.480 bits per heavy atom. The molecule has 4 aromatic rings. The number of aliphatic hydroxyl groups is 2. The Morgan fingerprint density at radius 3 is 1.06 bits per heavy atom. The predicted molar refractivity (Wildman–Crippen MR) is 202 cm³/mol. The van der Waals surface area contributed by atoms with Crippen LogP contribution in [0.2, 0.25) is 0 Å². The molecule has 0 unspecified atom stereocenters. The van der Waals surface area contributed by atoms with Crippen molar-refractivity contribution in [1.82, 2.24) is 0 Å². The first kappa shape index (κ1) is 37.2. The van der Waals surface area contributed by atoms with Crippen LogP contribution in [-0.2, 0) is 42.3 Å². The fourth-order valence-corrected chi connectivity index (χ4v) is 8.28. The van der Waals surface area contributed by atoms with Gasteiger partial charge in [-0.15, -0.1) is 0 Å². The minimum absolute atomic E-state index is 0.296. The number of hydrogen-bond acceptors (Lipinski definition) is 6. The Hall–Kier alpha value is -4.02. The van der Waals surface area contributed by atoms with E-state index in [4.69, 9.17) is 9.47 Å². The fraction of sp³-hybridized carbons (Fsp3) is 0.238. The van der Waals surface area contributed by atoms with Crippen molar-refractivity contribution in [2.24, 2.45) is 0 Å². The molecule has 8 heteroatoms. The lowest BCUT2D eigenvalue weighted by atomic mass is 9.85. The molecule has 2 N–H and O–H groups in total. The molecule has 0 bridgehead atoms. The van der Waals surface area contributed by atoms with Crippen LogP contribution in [-0.4, -0.2) is 55.6 Å². The van der Waals surface area contributed by atoms with Crippen molar-refractivity contribution >= 4 is 21.6 Å². The van der Waals surface area contributed by atoms with E-state index in [0.29, 0.717) is 11.5 Å². The predicted octanol–water partition coefficient (Wildman–Crippen LogP) is 7.00. The van der Waals surface area contributed by atoms with Crippen LogP contribution in [0.4, 0.5) is 0 Å². The minimum Gasteiger partial charge on any atom is -0.377 e. The molecule has 0 aliphatic heterocycles. The van der Waals surface area contributed by atoms with Crippen molar-refractivity contribution in [1.29, 1.82) is 0 Å². The summed E-state index contributed by atoms with van der Waals surface area (Å²) < 4.78 is 36.7. The number of aryl methyl sites for hydroxylation is 2. The van der Waals surface area contributed by atoms with E-state index in [2.05, 4.69) is 0 Å². The maximum Gasteiger partial charge on any atom is 0.127 e. The van der Waals surface area contributed by atoms with Gasteiger partial charge in [0.15, 0.2) is 0 Å². The molecule has 6 rings (SSSR count). The zero-order valence-corrected chi connectivity index (χ0v) is 30.4. The molecular formula is C42H44O6S2. The first-order valence-electron chi connectivity index (χ1n) is 16.3. The van der Waals surface area contributed by atoms with Gasteiger partial charge in [-0.05, 0) is 97.8 Å². The summed E-state index contributed by atoms with van der Waals surface area (Å²) in [6, 6.07) is 34.2. The number of hydrogen-bond donors (Lipinski definition) is 2. The first-order chi connectivity index (χ1) is 23.9. The molecule has 6 nitrogen and oxygen atoms in total. The van der Waals surface area contributed by atoms with E-state index in [1.165, 1.54) is 0 Å². The van der Waals surface area contributed by atoms with E-state index in [-0.39, 0.29) is 0 Å². The zero-order chi connectivity index (χ0) is 35.8. The summed E-state index contributed by atoms with van der Waals surface area (Å²) >= 11 is 0. The van der Waals surface area contributed by atoms with Crippen LogP contribution in [0.1, 0.15) is 22.3 Å². The highest BCUT2D eigenvalue weighted by Crippen LogP contribution is 2.34. The third-order valence-corrected chi connectivity index (χ3v) is 12.0. The molecule has 0 aromatic heterocycles. The lowest BCUT2D eigenvalue weighted by Gasteiger charge is -2.33. The Bertz CT molecular complexity index is 1730. The topological polar surface area (TPSA) is 93.1 Å². The van der Waals surface area contributed by atoms with Gasteiger partial charge in [0, 0.05) is 24.0 Å². The van der Waals surface area contributed by atoms with Gasteiger partial charge in [0.05, 0.1) is 33.1 Å². The van der Waals surface area contributed by atoms with Crippen molar-refractivity contribution in [2.75, 3.05) is 25.7 Å². The van der Waals surface area contributed by atoms with Crippen molar-refractivity contribution in [3.05, 3.63) is 180 Å². The summed E-state index contributed by atoms with van der Waals surface area (Å²) in [7, 11) is 0.769. The van der Waals surface area contributed by atoms with Crippen LogP contribution >= 0.6 is 0 Å². The molecule has 0 fully saturated rings. The molecule has 2 atom stereocenters. The first-order valence-corrected chi connectivity index (χ1v) is 18.9. The van der Waals surface area contributed by atoms with Crippen LogP contribution < -0.4 is 0 Å². The van der Waals surface area contributed by atoms with Gasteiger partial charge in [0.2, 0.25) is 0 Å².